The lowest BCUT2D eigenvalue weighted by molar-refractivity contribution is 0.568. The van der Waals surface area contributed by atoms with E-state index in [-0.39, 0.29) is 4.90 Å². The molecule has 33 heavy (non-hydrogen) atoms. The Hall–Kier alpha value is -3.81. The Bertz CT molecular complexity index is 1500. The number of hydrogen-bond donors (Lipinski definition) is 1. The second kappa shape index (κ2) is 8.61. The third-order valence-corrected chi connectivity index (χ3v) is 6.96. The molecule has 1 unspecified atom stereocenters. The zero-order valence-corrected chi connectivity index (χ0v) is 18.8. The van der Waals surface area contributed by atoms with Crippen LogP contribution in [0.5, 0.6) is 0 Å². The van der Waals surface area contributed by atoms with Crippen LogP contribution < -0.4 is 4.72 Å². The minimum atomic E-state index is -3.81. The first kappa shape index (κ1) is 21.1. The van der Waals surface area contributed by atoms with Crippen LogP contribution in [-0.2, 0) is 10.0 Å². The van der Waals surface area contributed by atoms with E-state index in [0.717, 1.165) is 27.7 Å². The zero-order valence-electron chi connectivity index (χ0n) is 18.0. The quantitative estimate of drug-likeness (QED) is 0.400. The summed E-state index contributed by atoms with van der Waals surface area (Å²) in [6, 6.07) is 27.3. The van der Waals surface area contributed by atoms with Crippen molar-refractivity contribution in [3.63, 3.8) is 0 Å². The molecule has 0 radical (unpaired) electrons. The molecule has 0 aliphatic carbocycles. The molecule has 2 heterocycles. The topological polar surface area (TPSA) is 76.9 Å². The van der Waals surface area contributed by atoms with Crippen molar-refractivity contribution in [1.82, 2.24) is 19.3 Å². The summed E-state index contributed by atoms with van der Waals surface area (Å²) in [5.41, 5.74) is 3.43. The predicted molar refractivity (Wildman–Crippen MR) is 129 cm³/mol. The fraction of sp³-hybridized carbons (Fsp3) is 0.0769. The summed E-state index contributed by atoms with van der Waals surface area (Å²) in [5, 5.41) is 0.968. The summed E-state index contributed by atoms with van der Waals surface area (Å²) < 4.78 is 31.7. The van der Waals surface area contributed by atoms with E-state index in [2.05, 4.69) is 14.7 Å². The summed E-state index contributed by atoms with van der Waals surface area (Å²) in [6.45, 7) is 1.93. The molecule has 0 spiro atoms. The maximum absolute atomic E-state index is 13.4. The molecule has 0 fully saturated rings. The maximum Gasteiger partial charge on any atom is 0.241 e. The molecule has 1 N–H and O–H groups in total. The first-order valence-electron chi connectivity index (χ1n) is 10.5. The largest absolute Gasteiger partial charge is 0.280 e. The van der Waals surface area contributed by atoms with E-state index in [1.165, 1.54) is 0 Å². The molecule has 0 saturated heterocycles. The van der Waals surface area contributed by atoms with Gasteiger partial charge in [0.15, 0.2) is 0 Å². The summed E-state index contributed by atoms with van der Waals surface area (Å²) in [4.78, 5) is 9.11. The van der Waals surface area contributed by atoms with Gasteiger partial charge in [0.2, 0.25) is 16.0 Å². The van der Waals surface area contributed by atoms with Gasteiger partial charge in [-0.2, -0.15) is 4.72 Å². The van der Waals surface area contributed by atoms with Crippen molar-refractivity contribution < 1.29 is 8.42 Å². The van der Waals surface area contributed by atoms with Crippen LogP contribution in [0.25, 0.3) is 16.9 Å². The smallest absolute Gasteiger partial charge is 0.241 e. The number of aryl methyl sites for hydroxylation is 1. The van der Waals surface area contributed by atoms with Gasteiger partial charge in [0.1, 0.15) is 0 Å². The molecule has 6 nitrogen and oxygen atoms in total. The number of hydrogen-bond acceptors (Lipinski definition) is 4. The van der Waals surface area contributed by atoms with Gasteiger partial charge in [-0.05, 0) is 42.8 Å². The number of para-hydroxylation sites is 1. The van der Waals surface area contributed by atoms with E-state index in [1.807, 2.05) is 72.2 Å². The van der Waals surface area contributed by atoms with Gasteiger partial charge in [0.25, 0.3) is 0 Å². The Balaban J connectivity index is 1.71. The summed E-state index contributed by atoms with van der Waals surface area (Å²) >= 11 is 0. The van der Waals surface area contributed by atoms with Crippen molar-refractivity contribution in [2.75, 3.05) is 0 Å². The van der Waals surface area contributed by atoms with Crippen LogP contribution in [0, 0.1) is 6.92 Å². The number of rotatable bonds is 6. The van der Waals surface area contributed by atoms with E-state index in [1.54, 1.807) is 42.7 Å². The normalized spacial score (nSPS) is 12.6. The molecule has 0 aliphatic rings. The number of nitrogens with one attached hydrogen (secondary N) is 1. The minimum Gasteiger partial charge on any atom is -0.280 e. The van der Waals surface area contributed by atoms with Crippen LogP contribution in [0.15, 0.2) is 108 Å². The molecule has 0 amide bonds. The fourth-order valence-corrected chi connectivity index (χ4v) is 5.10. The first-order valence-corrected chi connectivity index (χ1v) is 12.0. The number of fused-ring (bicyclic) bond motifs is 1. The van der Waals surface area contributed by atoms with Crippen LogP contribution in [0.2, 0.25) is 0 Å². The van der Waals surface area contributed by atoms with Gasteiger partial charge in [-0.15, -0.1) is 0 Å². The fourth-order valence-electron chi connectivity index (χ4n) is 3.90. The maximum atomic E-state index is 13.4. The highest BCUT2D eigenvalue weighted by molar-refractivity contribution is 7.89. The lowest BCUT2D eigenvalue weighted by atomic mass is 10.0. The van der Waals surface area contributed by atoms with E-state index in [0.29, 0.717) is 5.95 Å². The van der Waals surface area contributed by atoms with Gasteiger partial charge >= 0.3 is 0 Å². The van der Waals surface area contributed by atoms with Crippen molar-refractivity contribution >= 4 is 20.9 Å². The highest BCUT2D eigenvalue weighted by Gasteiger charge is 2.27. The van der Waals surface area contributed by atoms with Gasteiger partial charge in [0.05, 0.1) is 16.5 Å². The Morgan fingerprint density at radius 2 is 1.48 bits per heavy atom. The molecule has 1 atom stereocenters. The minimum absolute atomic E-state index is 0.215. The van der Waals surface area contributed by atoms with Gasteiger partial charge < -0.3 is 0 Å². The zero-order chi connectivity index (χ0) is 22.8. The standard InChI is InChI=1S/C26H22N4O2S/c1-19-12-14-22(15-13-19)33(31,32)29-25(20-8-3-2-4-9-20)24-18-21-10-5-6-11-23(21)30(24)26-27-16-7-17-28-26/h2-18,25,29H,1H3. The number of aromatic nitrogens is 3. The number of benzene rings is 3. The highest BCUT2D eigenvalue weighted by Crippen LogP contribution is 2.31. The van der Waals surface area contributed by atoms with E-state index < -0.39 is 16.1 Å². The predicted octanol–water partition coefficient (Wildman–Crippen LogP) is 4.80. The molecule has 164 valence electrons. The Labute approximate surface area is 192 Å². The van der Waals surface area contributed by atoms with Crippen LogP contribution >= 0.6 is 0 Å². The van der Waals surface area contributed by atoms with Crippen LogP contribution in [0.4, 0.5) is 0 Å². The molecular formula is C26H22N4O2S. The second-order valence-corrected chi connectivity index (χ2v) is 9.50. The molecule has 0 saturated carbocycles. The van der Waals surface area contributed by atoms with E-state index in [4.69, 9.17) is 0 Å². The van der Waals surface area contributed by atoms with Crippen molar-refractivity contribution in [2.45, 2.75) is 17.9 Å². The molecule has 0 aliphatic heterocycles. The Morgan fingerprint density at radius 1 is 0.818 bits per heavy atom. The third-order valence-electron chi connectivity index (χ3n) is 5.52. The Morgan fingerprint density at radius 3 is 2.21 bits per heavy atom. The molecule has 0 bridgehead atoms. The molecule has 7 heteroatoms. The SMILES string of the molecule is Cc1ccc(S(=O)(=O)NC(c2ccccc2)c2cc3ccccc3n2-c2ncccn2)cc1. The summed E-state index contributed by atoms with van der Waals surface area (Å²) in [7, 11) is -3.81. The van der Waals surface area contributed by atoms with Gasteiger partial charge in [-0.1, -0.05) is 66.2 Å². The molecule has 5 rings (SSSR count). The first-order chi connectivity index (χ1) is 16.0. The van der Waals surface area contributed by atoms with Crippen molar-refractivity contribution in [1.29, 1.82) is 0 Å². The third kappa shape index (κ3) is 4.16. The van der Waals surface area contributed by atoms with E-state index in [9.17, 15) is 8.42 Å². The van der Waals surface area contributed by atoms with Crippen molar-refractivity contribution in [3.8, 4) is 5.95 Å². The van der Waals surface area contributed by atoms with E-state index >= 15 is 0 Å². The number of sulfonamides is 1. The monoisotopic (exact) mass is 454 g/mol. The molecular weight excluding hydrogens is 432 g/mol. The lowest BCUT2D eigenvalue weighted by Gasteiger charge is -2.21. The highest BCUT2D eigenvalue weighted by atomic mass is 32.2. The van der Waals surface area contributed by atoms with Gasteiger partial charge in [0, 0.05) is 23.5 Å². The number of nitrogens with zero attached hydrogens (tertiary/aromatic N) is 3. The average molecular weight is 455 g/mol. The van der Waals surface area contributed by atoms with Gasteiger partial charge in [-0.3, -0.25) is 4.57 Å². The second-order valence-electron chi connectivity index (χ2n) is 7.79. The summed E-state index contributed by atoms with van der Waals surface area (Å²) in [5.74, 6) is 0.476. The molecule has 2 aromatic heterocycles. The molecule has 3 aromatic carbocycles. The lowest BCUT2D eigenvalue weighted by Crippen LogP contribution is -2.31. The Kier molecular flexibility index (Phi) is 5.50. The van der Waals surface area contributed by atoms with Crippen LogP contribution in [0.1, 0.15) is 22.9 Å². The van der Waals surface area contributed by atoms with Crippen LogP contribution in [-0.4, -0.2) is 23.0 Å². The van der Waals surface area contributed by atoms with Crippen LogP contribution in [0.3, 0.4) is 0 Å². The van der Waals surface area contributed by atoms with Gasteiger partial charge in [-0.25, -0.2) is 18.4 Å². The van der Waals surface area contributed by atoms with Crippen molar-refractivity contribution in [2.24, 2.45) is 0 Å². The summed E-state index contributed by atoms with van der Waals surface area (Å²) in [6.07, 6.45) is 3.35. The molecule has 5 aromatic rings. The van der Waals surface area contributed by atoms with Crippen molar-refractivity contribution in [3.05, 3.63) is 120 Å². The average Bonchev–Trinajstić information content (AvgIpc) is 3.23.